The van der Waals surface area contributed by atoms with Crippen LogP contribution >= 0.6 is 50.7 Å². The van der Waals surface area contributed by atoms with Gasteiger partial charge in [0.2, 0.25) is 0 Å². The van der Waals surface area contributed by atoms with E-state index < -0.39 is 0 Å². The van der Waals surface area contributed by atoms with Crippen LogP contribution in [-0.4, -0.2) is 7.05 Å². The summed E-state index contributed by atoms with van der Waals surface area (Å²) in [6.07, 6.45) is 0. The van der Waals surface area contributed by atoms with Crippen LogP contribution in [0.5, 0.6) is 11.5 Å². The Kier molecular flexibility index (Phi) is 5.81. The number of ether oxygens (including phenoxy) is 1. The molecule has 2 aromatic rings. The van der Waals surface area contributed by atoms with E-state index in [0.717, 1.165) is 10.0 Å². The molecule has 2 nitrogen and oxygen atoms in total. The first-order valence-corrected chi connectivity index (χ1v) is 8.14. The molecule has 6 heteroatoms. The lowest BCUT2D eigenvalue weighted by atomic mass is 10.1. The number of hydrogen-bond donors (Lipinski definition) is 1. The molecule has 0 radical (unpaired) electrons. The average Bonchev–Trinajstić information content (AvgIpc) is 2.44. The van der Waals surface area contributed by atoms with E-state index in [-0.39, 0.29) is 6.04 Å². The Bertz CT molecular complexity index is 664. The molecule has 0 amide bonds. The summed E-state index contributed by atoms with van der Waals surface area (Å²) in [5.41, 5.74) is 1.01. The monoisotopic (exact) mass is 407 g/mol. The highest BCUT2D eigenvalue weighted by atomic mass is 79.9. The maximum absolute atomic E-state index is 6.28. The number of hydrogen-bond acceptors (Lipinski definition) is 2. The van der Waals surface area contributed by atoms with Gasteiger partial charge in [-0.05, 0) is 53.7 Å². The number of halogens is 4. The van der Waals surface area contributed by atoms with Gasteiger partial charge in [0.15, 0.2) is 0 Å². The molecule has 21 heavy (non-hydrogen) atoms. The lowest BCUT2D eigenvalue weighted by Crippen LogP contribution is -2.12. The highest BCUT2D eigenvalue weighted by Gasteiger charge is 2.11. The maximum atomic E-state index is 6.28. The van der Waals surface area contributed by atoms with E-state index in [0.29, 0.717) is 26.6 Å². The van der Waals surface area contributed by atoms with Crippen molar-refractivity contribution in [1.82, 2.24) is 5.32 Å². The molecule has 2 rings (SSSR count). The van der Waals surface area contributed by atoms with Crippen molar-refractivity contribution in [2.75, 3.05) is 7.05 Å². The Balaban J connectivity index is 2.29. The first-order chi connectivity index (χ1) is 9.92. The SMILES string of the molecule is CNC(C)c1ccc(Oc2cc(Cl)c(Br)cc2Cl)cc1Cl. The molecule has 1 unspecified atom stereocenters. The molecular formula is C15H13BrCl3NO. The fraction of sp³-hybridized carbons (Fsp3) is 0.200. The highest BCUT2D eigenvalue weighted by molar-refractivity contribution is 9.10. The minimum absolute atomic E-state index is 0.164. The van der Waals surface area contributed by atoms with Gasteiger partial charge in [0, 0.05) is 21.6 Å². The summed E-state index contributed by atoms with van der Waals surface area (Å²) >= 11 is 21.8. The van der Waals surface area contributed by atoms with Gasteiger partial charge in [-0.3, -0.25) is 0 Å². The first-order valence-electron chi connectivity index (χ1n) is 6.21. The molecule has 1 atom stereocenters. The zero-order chi connectivity index (χ0) is 15.6. The zero-order valence-electron chi connectivity index (χ0n) is 11.4. The van der Waals surface area contributed by atoms with Crippen molar-refractivity contribution in [3.8, 4) is 11.5 Å². The Morgan fingerprint density at radius 2 is 1.76 bits per heavy atom. The normalized spacial score (nSPS) is 12.3. The van der Waals surface area contributed by atoms with E-state index in [1.807, 2.05) is 26.1 Å². The zero-order valence-corrected chi connectivity index (χ0v) is 15.2. The molecule has 0 aromatic heterocycles. The van der Waals surface area contributed by atoms with Crippen LogP contribution in [-0.2, 0) is 0 Å². The third-order valence-corrected chi connectivity index (χ3v) is 4.89. The van der Waals surface area contributed by atoms with Crippen LogP contribution in [0.2, 0.25) is 15.1 Å². The summed E-state index contributed by atoms with van der Waals surface area (Å²) in [6, 6.07) is 9.05. The maximum Gasteiger partial charge on any atom is 0.147 e. The van der Waals surface area contributed by atoms with Crippen LogP contribution in [0.4, 0.5) is 0 Å². The fourth-order valence-electron chi connectivity index (χ4n) is 1.79. The van der Waals surface area contributed by atoms with Crippen molar-refractivity contribution in [1.29, 1.82) is 0 Å². The van der Waals surface area contributed by atoms with Gasteiger partial charge in [0.05, 0.1) is 10.0 Å². The summed E-state index contributed by atoms with van der Waals surface area (Å²) in [5.74, 6) is 1.09. The van der Waals surface area contributed by atoms with Gasteiger partial charge >= 0.3 is 0 Å². The van der Waals surface area contributed by atoms with Crippen LogP contribution in [0.25, 0.3) is 0 Å². The van der Waals surface area contributed by atoms with Crippen molar-refractivity contribution < 1.29 is 4.74 Å². The largest absolute Gasteiger partial charge is 0.456 e. The van der Waals surface area contributed by atoms with Gasteiger partial charge in [-0.1, -0.05) is 40.9 Å². The Hall–Kier alpha value is -0.450. The highest BCUT2D eigenvalue weighted by Crippen LogP contribution is 2.37. The summed E-state index contributed by atoms with van der Waals surface area (Å²) < 4.78 is 6.47. The molecule has 0 spiro atoms. The molecule has 0 aliphatic rings. The molecule has 0 saturated carbocycles. The summed E-state index contributed by atoms with van der Waals surface area (Å²) in [7, 11) is 1.88. The van der Waals surface area contributed by atoms with Crippen molar-refractivity contribution in [3.05, 3.63) is 55.4 Å². The second kappa shape index (κ2) is 7.21. The summed E-state index contributed by atoms with van der Waals surface area (Å²) in [6.45, 7) is 2.03. The third kappa shape index (κ3) is 4.05. The topological polar surface area (TPSA) is 21.3 Å². The van der Waals surface area contributed by atoms with Crippen LogP contribution in [0.3, 0.4) is 0 Å². The summed E-state index contributed by atoms with van der Waals surface area (Å²) in [5, 5.41) is 4.77. The van der Waals surface area contributed by atoms with Crippen molar-refractivity contribution in [3.63, 3.8) is 0 Å². The third-order valence-electron chi connectivity index (χ3n) is 3.07. The van der Waals surface area contributed by atoms with Gasteiger partial charge in [-0.2, -0.15) is 0 Å². The van der Waals surface area contributed by atoms with E-state index >= 15 is 0 Å². The molecule has 0 fully saturated rings. The first kappa shape index (κ1) is 16.9. The molecule has 0 saturated heterocycles. The Morgan fingerprint density at radius 1 is 1.05 bits per heavy atom. The second-order valence-corrected chi connectivity index (χ2v) is 6.57. The van der Waals surface area contributed by atoms with Crippen LogP contribution < -0.4 is 10.1 Å². The minimum Gasteiger partial charge on any atom is -0.456 e. The minimum atomic E-state index is 0.164. The predicted molar refractivity (Wildman–Crippen MR) is 93.2 cm³/mol. The fourth-order valence-corrected chi connectivity index (χ4v) is 2.95. The number of nitrogens with one attached hydrogen (secondary N) is 1. The standard InChI is InChI=1S/C15H13BrCl3NO/c1-8(20-2)10-4-3-9(5-12(10)17)21-15-7-13(18)11(16)6-14(15)19/h3-8,20H,1-2H3. The van der Waals surface area contributed by atoms with E-state index in [1.54, 1.807) is 18.2 Å². The Labute approximate surface area is 147 Å². The van der Waals surface area contributed by atoms with Gasteiger partial charge in [0.25, 0.3) is 0 Å². The number of benzene rings is 2. The lowest BCUT2D eigenvalue weighted by Gasteiger charge is -2.14. The van der Waals surface area contributed by atoms with Crippen molar-refractivity contribution in [2.24, 2.45) is 0 Å². The number of rotatable bonds is 4. The van der Waals surface area contributed by atoms with Crippen LogP contribution in [0, 0.1) is 0 Å². The molecule has 2 aromatic carbocycles. The van der Waals surface area contributed by atoms with Crippen molar-refractivity contribution >= 4 is 50.7 Å². The van der Waals surface area contributed by atoms with E-state index in [1.165, 1.54) is 0 Å². The van der Waals surface area contributed by atoms with Gasteiger partial charge in [-0.25, -0.2) is 0 Å². The van der Waals surface area contributed by atoms with Gasteiger partial charge < -0.3 is 10.1 Å². The molecule has 0 heterocycles. The average molecular weight is 410 g/mol. The van der Waals surface area contributed by atoms with Crippen molar-refractivity contribution in [2.45, 2.75) is 13.0 Å². The van der Waals surface area contributed by atoms with E-state index in [9.17, 15) is 0 Å². The predicted octanol–water partition coefficient (Wildman–Crippen LogP) is 6.48. The quantitative estimate of drug-likeness (QED) is 0.583. The Morgan fingerprint density at radius 3 is 2.38 bits per heavy atom. The van der Waals surface area contributed by atoms with E-state index in [2.05, 4.69) is 21.2 Å². The smallest absolute Gasteiger partial charge is 0.147 e. The summed E-state index contributed by atoms with van der Waals surface area (Å²) in [4.78, 5) is 0. The molecule has 0 aliphatic carbocycles. The van der Waals surface area contributed by atoms with Gasteiger partial charge in [-0.15, -0.1) is 0 Å². The molecule has 112 valence electrons. The van der Waals surface area contributed by atoms with Crippen LogP contribution in [0.15, 0.2) is 34.8 Å². The molecule has 1 N–H and O–H groups in total. The lowest BCUT2D eigenvalue weighted by molar-refractivity contribution is 0.482. The second-order valence-electron chi connectivity index (χ2n) is 4.49. The van der Waals surface area contributed by atoms with Crippen LogP contribution in [0.1, 0.15) is 18.5 Å². The molecule has 0 aliphatic heterocycles. The molecular weight excluding hydrogens is 396 g/mol. The van der Waals surface area contributed by atoms with Gasteiger partial charge in [0.1, 0.15) is 11.5 Å². The van der Waals surface area contributed by atoms with E-state index in [4.69, 9.17) is 39.5 Å². The molecule has 0 bridgehead atoms.